The fourth-order valence-corrected chi connectivity index (χ4v) is 4.61. The highest BCUT2D eigenvalue weighted by Crippen LogP contribution is 2.33. The molecule has 0 radical (unpaired) electrons. The first-order chi connectivity index (χ1) is 13.2. The number of carbonyl (C=O) groups excluding carboxylic acids is 1. The standard InChI is InChI=1S/C20H21N3O2S2/c24-19-18(14-15-4-5-17-16(13-15)3-1-6-21-17)27-20(26)23(19)8-2-7-22-9-11-25-12-10-22/h1,3-6,13-14H,2,7-12H2/b18-14-. The summed E-state index contributed by atoms with van der Waals surface area (Å²) in [5, 5.41) is 1.06. The average Bonchev–Trinajstić information content (AvgIpc) is 2.96. The van der Waals surface area contributed by atoms with Crippen LogP contribution in [0.25, 0.3) is 17.0 Å². The summed E-state index contributed by atoms with van der Waals surface area (Å²) in [4.78, 5) is 21.9. The van der Waals surface area contributed by atoms with E-state index in [4.69, 9.17) is 17.0 Å². The van der Waals surface area contributed by atoms with E-state index >= 15 is 0 Å². The summed E-state index contributed by atoms with van der Waals surface area (Å²) in [5.74, 6) is 0.0123. The van der Waals surface area contributed by atoms with Crippen molar-refractivity contribution in [3.8, 4) is 0 Å². The highest BCUT2D eigenvalue weighted by atomic mass is 32.2. The van der Waals surface area contributed by atoms with Gasteiger partial charge in [-0.3, -0.25) is 19.6 Å². The zero-order chi connectivity index (χ0) is 18.6. The van der Waals surface area contributed by atoms with Crippen LogP contribution in [0.4, 0.5) is 0 Å². The van der Waals surface area contributed by atoms with Gasteiger partial charge < -0.3 is 4.74 Å². The van der Waals surface area contributed by atoms with Crippen LogP contribution in [-0.4, -0.2) is 64.4 Å². The maximum atomic E-state index is 12.8. The fourth-order valence-electron chi connectivity index (χ4n) is 3.31. The number of aromatic nitrogens is 1. The number of amides is 1. The third kappa shape index (κ3) is 4.38. The van der Waals surface area contributed by atoms with Crippen molar-refractivity contribution in [3.05, 3.63) is 47.0 Å². The predicted molar refractivity (Wildman–Crippen MR) is 113 cm³/mol. The van der Waals surface area contributed by atoms with Crippen molar-refractivity contribution in [1.29, 1.82) is 0 Å². The fraction of sp³-hybridized carbons (Fsp3) is 0.350. The van der Waals surface area contributed by atoms with Gasteiger partial charge in [-0.25, -0.2) is 0 Å². The number of carbonyl (C=O) groups is 1. The van der Waals surface area contributed by atoms with E-state index in [0.29, 0.717) is 15.8 Å². The van der Waals surface area contributed by atoms with Crippen molar-refractivity contribution in [2.24, 2.45) is 0 Å². The monoisotopic (exact) mass is 399 g/mol. The Morgan fingerprint density at radius 3 is 2.93 bits per heavy atom. The Hall–Kier alpha value is -1.80. The SMILES string of the molecule is O=C1/C(=C/c2ccc3ncccc3c2)SC(=S)N1CCCN1CCOCC1. The summed E-state index contributed by atoms with van der Waals surface area (Å²) in [7, 11) is 0. The van der Waals surface area contributed by atoms with E-state index in [1.807, 2.05) is 36.4 Å². The summed E-state index contributed by atoms with van der Waals surface area (Å²) in [6, 6.07) is 9.95. The summed E-state index contributed by atoms with van der Waals surface area (Å²) in [6.07, 6.45) is 4.62. The van der Waals surface area contributed by atoms with E-state index < -0.39 is 0 Å². The molecule has 0 spiro atoms. The summed E-state index contributed by atoms with van der Waals surface area (Å²) in [5.41, 5.74) is 1.94. The zero-order valence-corrected chi connectivity index (χ0v) is 16.6. The minimum atomic E-state index is 0.0123. The lowest BCUT2D eigenvalue weighted by molar-refractivity contribution is -0.122. The number of benzene rings is 1. The molecule has 1 amide bonds. The zero-order valence-electron chi connectivity index (χ0n) is 15.0. The van der Waals surface area contributed by atoms with Crippen LogP contribution < -0.4 is 0 Å². The molecule has 27 heavy (non-hydrogen) atoms. The Kier molecular flexibility index (Phi) is 5.83. The minimum Gasteiger partial charge on any atom is -0.379 e. The molecule has 1 aromatic carbocycles. The molecule has 0 saturated carbocycles. The lowest BCUT2D eigenvalue weighted by atomic mass is 10.1. The van der Waals surface area contributed by atoms with Gasteiger partial charge in [-0.05, 0) is 36.3 Å². The van der Waals surface area contributed by atoms with E-state index in [9.17, 15) is 4.79 Å². The van der Waals surface area contributed by atoms with Crippen molar-refractivity contribution in [2.75, 3.05) is 39.4 Å². The number of pyridine rings is 1. The van der Waals surface area contributed by atoms with Crippen molar-refractivity contribution in [3.63, 3.8) is 0 Å². The molecule has 3 heterocycles. The Balaban J connectivity index is 1.41. The lowest BCUT2D eigenvalue weighted by Crippen LogP contribution is -2.38. The largest absolute Gasteiger partial charge is 0.379 e. The van der Waals surface area contributed by atoms with Gasteiger partial charge in [0.15, 0.2) is 0 Å². The molecule has 1 aromatic heterocycles. The molecular formula is C20H21N3O2S2. The molecule has 2 aliphatic heterocycles. The van der Waals surface area contributed by atoms with E-state index in [1.54, 1.807) is 11.1 Å². The van der Waals surface area contributed by atoms with Gasteiger partial charge in [-0.1, -0.05) is 36.1 Å². The van der Waals surface area contributed by atoms with Gasteiger partial charge in [0.05, 0.1) is 23.6 Å². The molecule has 2 fully saturated rings. The quantitative estimate of drug-likeness (QED) is 0.569. The van der Waals surface area contributed by atoms with Crippen LogP contribution in [0.15, 0.2) is 41.4 Å². The molecule has 4 rings (SSSR count). The number of nitrogens with zero attached hydrogens (tertiary/aromatic N) is 3. The molecular weight excluding hydrogens is 378 g/mol. The number of fused-ring (bicyclic) bond motifs is 1. The van der Waals surface area contributed by atoms with Gasteiger partial charge in [-0.2, -0.15) is 0 Å². The second kappa shape index (κ2) is 8.48. The summed E-state index contributed by atoms with van der Waals surface area (Å²) >= 11 is 6.83. The minimum absolute atomic E-state index is 0.0123. The highest BCUT2D eigenvalue weighted by Gasteiger charge is 2.31. The topological polar surface area (TPSA) is 45.7 Å². The van der Waals surface area contributed by atoms with Gasteiger partial charge in [0.1, 0.15) is 4.32 Å². The Bertz CT molecular complexity index is 894. The van der Waals surface area contributed by atoms with Crippen LogP contribution in [0.3, 0.4) is 0 Å². The number of hydrogen-bond acceptors (Lipinski definition) is 6. The number of ether oxygens (including phenoxy) is 1. The molecule has 2 aromatic rings. The van der Waals surface area contributed by atoms with E-state index in [2.05, 4.69) is 9.88 Å². The molecule has 0 N–H and O–H groups in total. The molecule has 140 valence electrons. The maximum absolute atomic E-state index is 12.8. The van der Waals surface area contributed by atoms with Gasteiger partial charge in [0.25, 0.3) is 5.91 Å². The number of hydrogen-bond donors (Lipinski definition) is 0. The molecule has 7 heteroatoms. The predicted octanol–water partition coefficient (Wildman–Crippen LogP) is 3.16. The lowest BCUT2D eigenvalue weighted by Gasteiger charge is -2.27. The first-order valence-electron chi connectivity index (χ1n) is 9.11. The van der Waals surface area contributed by atoms with Crippen LogP contribution in [0, 0.1) is 0 Å². The van der Waals surface area contributed by atoms with Crippen LogP contribution in [-0.2, 0) is 9.53 Å². The molecule has 0 atom stereocenters. The second-order valence-electron chi connectivity index (χ2n) is 6.60. The first kappa shape index (κ1) is 18.6. The van der Waals surface area contributed by atoms with E-state index in [0.717, 1.165) is 55.7 Å². The van der Waals surface area contributed by atoms with Crippen molar-refractivity contribution >= 4 is 51.2 Å². The second-order valence-corrected chi connectivity index (χ2v) is 8.27. The third-order valence-corrected chi connectivity index (χ3v) is 6.14. The number of thioether (sulfide) groups is 1. The van der Waals surface area contributed by atoms with Crippen molar-refractivity contribution in [1.82, 2.24) is 14.8 Å². The van der Waals surface area contributed by atoms with Crippen LogP contribution in [0.2, 0.25) is 0 Å². The number of rotatable bonds is 5. The molecule has 5 nitrogen and oxygen atoms in total. The Morgan fingerprint density at radius 2 is 2.07 bits per heavy atom. The summed E-state index contributed by atoms with van der Waals surface area (Å²) < 4.78 is 6.02. The summed E-state index contributed by atoms with van der Waals surface area (Å²) in [6.45, 7) is 5.17. The molecule has 0 bridgehead atoms. The third-order valence-electron chi connectivity index (χ3n) is 4.76. The first-order valence-corrected chi connectivity index (χ1v) is 10.3. The Morgan fingerprint density at radius 1 is 1.22 bits per heavy atom. The van der Waals surface area contributed by atoms with Crippen LogP contribution in [0.1, 0.15) is 12.0 Å². The normalized spacial score (nSPS) is 20.1. The van der Waals surface area contributed by atoms with Crippen molar-refractivity contribution in [2.45, 2.75) is 6.42 Å². The van der Waals surface area contributed by atoms with Crippen LogP contribution in [0.5, 0.6) is 0 Å². The van der Waals surface area contributed by atoms with Crippen molar-refractivity contribution < 1.29 is 9.53 Å². The molecule has 2 saturated heterocycles. The van der Waals surface area contributed by atoms with E-state index in [-0.39, 0.29) is 5.91 Å². The van der Waals surface area contributed by atoms with Crippen LogP contribution >= 0.6 is 24.0 Å². The average molecular weight is 400 g/mol. The number of thiocarbonyl (C=S) groups is 1. The Labute approximate surface area is 168 Å². The molecule has 2 aliphatic rings. The van der Waals surface area contributed by atoms with E-state index in [1.165, 1.54) is 11.8 Å². The maximum Gasteiger partial charge on any atom is 0.266 e. The smallest absolute Gasteiger partial charge is 0.266 e. The molecule has 0 aliphatic carbocycles. The van der Waals surface area contributed by atoms with Gasteiger partial charge in [0.2, 0.25) is 0 Å². The number of morpholine rings is 1. The van der Waals surface area contributed by atoms with Gasteiger partial charge >= 0.3 is 0 Å². The molecule has 0 unspecified atom stereocenters. The highest BCUT2D eigenvalue weighted by molar-refractivity contribution is 8.26. The van der Waals surface area contributed by atoms with Gasteiger partial charge in [-0.15, -0.1) is 0 Å². The van der Waals surface area contributed by atoms with Gasteiger partial charge in [0, 0.05) is 37.8 Å².